The molecule has 6 heteroatoms. The molecule has 0 unspecified atom stereocenters. The van der Waals surface area contributed by atoms with Crippen molar-refractivity contribution in [3.63, 3.8) is 0 Å². The molecule has 5 nitrogen and oxygen atoms in total. The molecule has 0 spiro atoms. The molecule has 3 N–H and O–H groups in total. The Morgan fingerprint density at radius 2 is 2.22 bits per heavy atom. The Morgan fingerprint density at radius 1 is 1.50 bits per heavy atom. The predicted molar refractivity (Wildman–Crippen MR) is 71.5 cm³/mol. The van der Waals surface area contributed by atoms with E-state index in [2.05, 4.69) is 10.4 Å². The van der Waals surface area contributed by atoms with Gasteiger partial charge in [-0.15, -0.1) is 0 Å². The summed E-state index contributed by atoms with van der Waals surface area (Å²) >= 11 is 5.76. The van der Waals surface area contributed by atoms with Crippen LogP contribution in [0.5, 0.6) is 0 Å². The standard InChI is InChI=1S/C12H13ClN4O/c1-8-4-2-3-5-10(8)15-11(18)7-17-6-9(13)12(14)16-17/h2-6H,7H2,1H3,(H2,14,16)(H,15,18). The minimum atomic E-state index is -0.177. The van der Waals surface area contributed by atoms with Gasteiger partial charge in [-0.1, -0.05) is 29.8 Å². The van der Waals surface area contributed by atoms with Crippen molar-refractivity contribution < 1.29 is 4.79 Å². The zero-order chi connectivity index (χ0) is 13.1. The van der Waals surface area contributed by atoms with Crippen LogP contribution >= 0.6 is 11.6 Å². The lowest BCUT2D eigenvalue weighted by Gasteiger charge is -2.07. The van der Waals surface area contributed by atoms with Crippen LogP contribution in [0.4, 0.5) is 11.5 Å². The average molecular weight is 265 g/mol. The van der Waals surface area contributed by atoms with E-state index in [-0.39, 0.29) is 18.3 Å². The molecule has 2 rings (SSSR count). The molecule has 1 amide bonds. The number of hydrogen-bond acceptors (Lipinski definition) is 3. The van der Waals surface area contributed by atoms with Crippen LogP contribution in [0.2, 0.25) is 5.02 Å². The maximum absolute atomic E-state index is 11.8. The number of amides is 1. The summed E-state index contributed by atoms with van der Waals surface area (Å²) in [5.74, 6) is 0.0452. The van der Waals surface area contributed by atoms with Crippen LogP contribution in [0.15, 0.2) is 30.5 Å². The molecular weight excluding hydrogens is 252 g/mol. The molecule has 0 radical (unpaired) electrons. The maximum Gasteiger partial charge on any atom is 0.246 e. The van der Waals surface area contributed by atoms with Gasteiger partial charge < -0.3 is 11.1 Å². The minimum absolute atomic E-state index is 0.0747. The molecule has 94 valence electrons. The molecule has 1 aromatic heterocycles. The smallest absolute Gasteiger partial charge is 0.246 e. The highest BCUT2D eigenvalue weighted by molar-refractivity contribution is 6.32. The van der Waals surface area contributed by atoms with Gasteiger partial charge in [-0.05, 0) is 18.6 Å². The lowest BCUT2D eigenvalue weighted by molar-refractivity contribution is -0.116. The van der Waals surface area contributed by atoms with Crippen molar-refractivity contribution in [3.8, 4) is 0 Å². The van der Waals surface area contributed by atoms with Gasteiger partial charge in [0.2, 0.25) is 5.91 Å². The van der Waals surface area contributed by atoms with Gasteiger partial charge in [0, 0.05) is 11.9 Å². The summed E-state index contributed by atoms with van der Waals surface area (Å²) in [7, 11) is 0. The van der Waals surface area contributed by atoms with E-state index in [4.69, 9.17) is 17.3 Å². The van der Waals surface area contributed by atoms with E-state index in [0.29, 0.717) is 5.02 Å². The summed E-state index contributed by atoms with van der Waals surface area (Å²) in [5, 5.41) is 7.07. The van der Waals surface area contributed by atoms with Crippen LogP contribution in [0.25, 0.3) is 0 Å². The second-order valence-electron chi connectivity index (χ2n) is 3.92. The van der Waals surface area contributed by atoms with Gasteiger partial charge >= 0.3 is 0 Å². The van der Waals surface area contributed by atoms with Gasteiger partial charge in [-0.25, -0.2) is 0 Å². The number of halogens is 1. The topological polar surface area (TPSA) is 72.9 Å². The van der Waals surface area contributed by atoms with Crippen molar-refractivity contribution in [3.05, 3.63) is 41.0 Å². The van der Waals surface area contributed by atoms with Crippen LogP contribution in [0, 0.1) is 6.92 Å². The highest BCUT2D eigenvalue weighted by atomic mass is 35.5. The normalized spacial score (nSPS) is 10.3. The second-order valence-corrected chi connectivity index (χ2v) is 4.33. The number of nitrogens with one attached hydrogen (secondary N) is 1. The number of carbonyl (C=O) groups is 1. The van der Waals surface area contributed by atoms with Gasteiger partial charge in [0.05, 0.1) is 0 Å². The molecule has 0 bridgehead atoms. The lowest BCUT2D eigenvalue weighted by Crippen LogP contribution is -2.19. The molecule has 0 saturated heterocycles. The zero-order valence-electron chi connectivity index (χ0n) is 9.85. The van der Waals surface area contributed by atoms with Gasteiger partial charge in [0.1, 0.15) is 11.6 Å². The first-order valence-corrected chi connectivity index (χ1v) is 5.78. The van der Waals surface area contributed by atoms with Gasteiger partial charge in [-0.3, -0.25) is 9.48 Å². The molecule has 0 aliphatic rings. The summed E-state index contributed by atoms with van der Waals surface area (Å²) in [5.41, 5.74) is 7.29. The third kappa shape index (κ3) is 2.81. The number of hydrogen-bond donors (Lipinski definition) is 2. The number of benzene rings is 1. The van der Waals surface area contributed by atoms with Crippen molar-refractivity contribution in [2.75, 3.05) is 11.1 Å². The summed E-state index contributed by atoms with van der Waals surface area (Å²) in [6.07, 6.45) is 1.52. The highest BCUT2D eigenvalue weighted by Gasteiger charge is 2.08. The first-order valence-electron chi connectivity index (χ1n) is 5.40. The maximum atomic E-state index is 11.8. The molecule has 0 saturated carbocycles. The third-order valence-electron chi connectivity index (χ3n) is 2.47. The van der Waals surface area contributed by atoms with Gasteiger partial charge in [0.15, 0.2) is 5.82 Å². The van der Waals surface area contributed by atoms with Crippen molar-refractivity contribution in [2.45, 2.75) is 13.5 Å². The average Bonchev–Trinajstić information content (AvgIpc) is 2.61. The van der Waals surface area contributed by atoms with E-state index in [1.54, 1.807) is 0 Å². The summed E-state index contributed by atoms with van der Waals surface area (Å²) in [6, 6.07) is 7.56. The number of para-hydroxylation sites is 1. The van der Waals surface area contributed by atoms with E-state index >= 15 is 0 Å². The third-order valence-corrected chi connectivity index (χ3v) is 2.76. The van der Waals surface area contributed by atoms with Crippen molar-refractivity contribution in [2.24, 2.45) is 0 Å². The Hall–Kier alpha value is -2.01. The molecule has 2 aromatic rings. The molecule has 18 heavy (non-hydrogen) atoms. The first kappa shape index (κ1) is 12.4. The largest absolute Gasteiger partial charge is 0.381 e. The fourth-order valence-corrected chi connectivity index (χ4v) is 1.69. The fourth-order valence-electron chi connectivity index (χ4n) is 1.54. The van der Waals surface area contributed by atoms with Crippen LogP contribution in [-0.4, -0.2) is 15.7 Å². The summed E-state index contributed by atoms with van der Waals surface area (Å²) < 4.78 is 1.41. The zero-order valence-corrected chi connectivity index (χ0v) is 10.6. The Morgan fingerprint density at radius 3 is 2.83 bits per heavy atom. The van der Waals surface area contributed by atoms with Crippen LogP contribution < -0.4 is 11.1 Å². The number of nitrogens with two attached hydrogens (primary N) is 1. The van der Waals surface area contributed by atoms with Gasteiger partial charge in [0.25, 0.3) is 0 Å². The molecule has 0 aliphatic heterocycles. The first-order chi connectivity index (χ1) is 8.56. The van der Waals surface area contributed by atoms with E-state index in [1.165, 1.54) is 10.9 Å². The van der Waals surface area contributed by atoms with Crippen molar-refractivity contribution >= 4 is 29.0 Å². The van der Waals surface area contributed by atoms with Crippen molar-refractivity contribution in [1.29, 1.82) is 0 Å². The molecule has 0 aliphatic carbocycles. The van der Waals surface area contributed by atoms with E-state index in [1.807, 2.05) is 31.2 Å². The molecule has 1 heterocycles. The number of aryl methyl sites for hydroxylation is 1. The molecule has 0 fully saturated rings. The van der Waals surface area contributed by atoms with Crippen LogP contribution in [0.1, 0.15) is 5.56 Å². The molecule has 1 aromatic carbocycles. The Balaban J connectivity index is 2.03. The van der Waals surface area contributed by atoms with E-state index < -0.39 is 0 Å². The molecule has 0 atom stereocenters. The Bertz CT molecular complexity index is 560. The summed E-state index contributed by atoms with van der Waals surface area (Å²) in [6.45, 7) is 2.00. The van der Waals surface area contributed by atoms with E-state index in [0.717, 1.165) is 11.3 Å². The van der Waals surface area contributed by atoms with E-state index in [9.17, 15) is 4.79 Å². The lowest BCUT2D eigenvalue weighted by atomic mass is 10.2. The predicted octanol–water partition coefficient (Wildman–Crippen LogP) is 2.07. The minimum Gasteiger partial charge on any atom is -0.381 e. The van der Waals surface area contributed by atoms with Crippen LogP contribution in [-0.2, 0) is 11.3 Å². The van der Waals surface area contributed by atoms with Gasteiger partial charge in [-0.2, -0.15) is 5.10 Å². The number of anilines is 2. The monoisotopic (exact) mass is 264 g/mol. The second kappa shape index (κ2) is 5.10. The number of nitrogens with zero attached hydrogens (tertiary/aromatic N) is 2. The number of nitrogen functional groups attached to an aromatic ring is 1. The Kier molecular flexibility index (Phi) is 3.53. The van der Waals surface area contributed by atoms with Crippen molar-refractivity contribution in [1.82, 2.24) is 9.78 Å². The fraction of sp³-hybridized carbons (Fsp3) is 0.167. The number of carbonyl (C=O) groups excluding carboxylic acids is 1. The SMILES string of the molecule is Cc1ccccc1NC(=O)Cn1cc(Cl)c(N)n1. The van der Waals surface area contributed by atoms with Crippen LogP contribution in [0.3, 0.4) is 0 Å². The highest BCUT2D eigenvalue weighted by Crippen LogP contribution is 2.16. The summed E-state index contributed by atoms with van der Waals surface area (Å²) in [4.78, 5) is 11.8. The number of aromatic nitrogens is 2. The quantitative estimate of drug-likeness (QED) is 0.891. The Labute approximate surface area is 110 Å². The number of rotatable bonds is 3. The molecular formula is C12H13ClN4O.